The van der Waals surface area contributed by atoms with Crippen molar-refractivity contribution >= 4 is 28.6 Å². The van der Waals surface area contributed by atoms with Gasteiger partial charge in [0.2, 0.25) is 5.91 Å². The lowest BCUT2D eigenvalue weighted by atomic mass is 9.97. The largest absolute Gasteiger partial charge is 0.355 e. The molecule has 5 nitrogen and oxygen atoms in total. The molecule has 0 saturated heterocycles. The van der Waals surface area contributed by atoms with Crippen LogP contribution in [-0.2, 0) is 11.2 Å². The number of aryl methyl sites for hydroxylation is 1. The van der Waals surface area contributed by atoms with Gasteiger partial charge in [0.25, 0.3) is 5.56 Å². The molecule has 166 valence electrons. The molecule has 1 aliphatic rings. The highest BCUT2D eigenvalue weighted by Crippen LogP contribution is 2.22. The van der Waals surface area contributed by atoms with Crippen LogP contribution in [0.1, 0.15) is 44.6 Å². The molecule has 0 radical (unpaired) electrons. The Morgan fingerprint density at radius 2 is 1.94 bits per heavy atom. The number of aromatic nitrogens is 2. The zero-order valence-corrected chi connectivity index (χ0v) is 19.3. The quantitative estimate of drug-likeness (QED) is 0.298. The van der Waals surface area contributed by atoms with Crippen molar-refractivity contribution in [3.63, 3.8) is 0 Å². The van der Waals surface area contributed by atoms with Gasteiger partial charge in [-0.15, -0.1) is 0 Å². The molecule has 0 unspecified atom stereocenters. The predicted molar refractivity (Wildman–Crippen MR) is 132 cm³/mol. The molecule has 1 aromatic heterocycles. The van der Waals surface area contributed by atoms with Crippen LogP contribution in [0.4, 0.5) is 0 Å². The summed E-state index contributed by atoms with van der Waals surface area (Å²) >= 11 is 1.30. The van der Waals surface area contributed by atoms with Gasteiger partial charge >= 0.3 is 0 Å². The minimum atomic E-state index is -0.119. The van der Waals surface area contributed by atoms with Crippen molar-refractivity contribution in [1.29, 1.82) is 0 Å². The van der Waals surface area contributed by atoms with E-state index in [-0.39, 0.29) is 17.2 Å². The molecule has 1 heterocycles. The molecule has 3 aromatic rings. The maximum absolute atomic E-state index is 13.3. The van der Waals surface area contributed by atoms with Gasteiger partial charge in [-0.05, 0) is 68.4 Å². The third kappa shape index (κ3) is 5.30. The van der Waals surface area contributed by atoms with E-state index >= 15 is 0 Å². The van der Waals surface area contributed by atoms with Crippen molar-refractivity contribution in [1.82, 2.24) is 14.9 Å². The van der Waals surface area contributed by atoms with Crippen molar-refractivity contribution in [3.05, 3.63) is 76.1 Å². The summed E-state index contributed by atoms with van der Waals surface area (Å²) in [6.07, 6.45) is 8.99. The second-order valence-corrected chi connectivity index (χ2v) is 9.01. The minimum absolute atomic E-state index is 0.0401. The summed E-state index contributed by atoms with van der Waals surface area (Å²) in [4.78, 5) is 30.5. The van der Waals surface area contributed by atoms with Gasteiger partial charge in [-0.25, -0.2) is 4.98 Å². The van der Waals surface area contributed by atoms with Gasteiger partial charge in [0, 0.05) is 6.54 Å². The Morgan fingerprint density at radius 3 is 2.69 bits per heavy atom. The first-order chi connectivity index (χ1) is 15.7. The third-order valence-corrected chi connectivity index (χ3v) is 6.77. The highest BCUT2D eigenvalue weighted by molar-refractivity contribution is 7.99. The molecule has 0 spiro atoms. The molecule has 2 aromatic carbocycles. The van der Waals surface area contributed by atoms with E-state index in [1.807, 2.05) is 42.5 Å². The molecule has 0 saturated carbocycles. The second kappa shape index (κ2) is 10.6. The molecule has 0 fully saturated rings. The van der Waals surface area contributed by atoms with Crippen molar-refractivity contribution in [3.8, 4) is 5.69 Å². The Kier molecular flexibility index (Phi) is 7.43. The summed E-state index contributed by atoms with van der Waals surface area (Å²) in [6, 6.07) is 15.3. The summed E-state index contributed by atoms with van der Waals surface area (Å²) < 4.78 is 1.62. The Labute approximate surface area is 192 Å². The van der Waals surface area contributed by atoms with Gasteiger partial charge in [-0.1, -0.05) is 54.6 Å². The average molecular weight is 448 g/mol. The summed E-state index contributed by atoms with van der Waals surface area (Å²) in [7, 11) is 0. The van der Waals surface area contributed by atoms with Crippen LogP contribution in [0.5, 0.6) is 0 Å². The number of para-hydroxylation sites is 1. The standard InChI is InChI=1S/C26H29N3O2S/c1-2-19-12-14-21(15-13-19)29-25(31)22-10-6-7-11-23(22)28-26(29)32-18-24(30)27-17-16-20-8-4-3-5-9-20/h6-8,10-15H,2-5,9,16-18H2,1H3,(H,27,30). The number of carbonyl (C=O) groups is 1. The van der Waals surface area contributed by atoms with E-state index in [9.17, 15) is 9.59 Å². The Bertz CT molecular complexity index is 1180. The number of benzene rings is 2. The number of thioether (sulfide) groups is 1. The van der Waals surface area contributed by atoms with Crippen molar-refractivity contribution in [2.75, 3.05) is 12.3 Å². The summed E-state index contributed by atoms with van der Waals surface area (Å²) in [5.74, 6) is 0.179. The first-order valence-corrected chi connectivity index (χ1v) is 12.3. The molecule has 0 aliphatic heterocycles. The highest BCUT2D eigenvalue weighted by Gasteiger charge is 2.15. The average Bonchev–Trinajstić information content (AvgIpc) is 2.84. The van der Waals surface area contributed by atoms with E-state index in [2.05, 4.69) is 18.3 Å². The van der Waals surface area contributed by atoms with Crippen LogP contribution in [0.2, 0.25) is 0 Å². The van der Waals surface area contributed by atoms with E-state index in [1.54, 1.807) is 10.6 Å². The first kappa shape index (κ1) is 22.3. The van der Waals surface area contributed by atoms with Gasteiger partial charge in [-0.3, -0.25) is 14.2 Å². The number of hydrogen-bond acceptors (Lipinski definition) is 4. The van der Waals surface area contributed by atoms with Gasteiger partial charge in [0.15, 0.2) is 5.16 Å². The van der Waals surface area contributed by atoms with Gasteiger partial charge in [0.1, 0.15) is 0 Å². The predicted octanol–water partition coefficient (Wildman–Crippen LogP) is 5.05. The topological polar surface area (TPSA) is 64.0 Å². The number of hydrogen-bond donors (Lipinski definition) is 1. The number of fused-ring (bicyclic) bond motifs is 1. The lowest BCUT2D eigenvalue weighted by Gasteiger charge is -2.14. The van der Waals surface area contributed by atoms with Gasteiger partial charge in [0.05, 0.1) is 22.3 Å². The van der Waals surface area contributed by atoms with E-state index in [0.29, 0.717) is 22.6 Å². The summed E-state index contributed by atoms with van der Waals surface area (Å²) in [5.41, 5.74) is 3.94. The van der Waals surface area contributed by atoms with Crippen molar-refractivity contribution in [2.24, 2.45) is 0 Å². The van der Waals surface area contributed by atoms with Gasteiger partial charge < -0.3 is 5.32 Å². The fourth-order valence-corrected chi connectivity index (χ4v) is 4.84. The maximum atomic E-state index is 13.3. The number of rotatable bonds is 8. The van der Waals surface area contributed by atoms with Crippen molar-refractivity contribution in [2.45, 2.75) is 50.6 Å². The van der Waals surface area contributed by atoms with E-state index in [4.69, 9.17) is 4.98 Å². The normalized spacial score (nSPS) is 13.7. The maximum Gasteiger partial charge on any atom is 0.266 e. The lowest BCUT2D eigenvalue weighted by molar-refractivity contribution is -0.118. The molecule has 1 aliphatic carbocycles. The Hall–Kier alpha value is -2.86. The van der Waals surface area contributed by atoms with Crippen LogP contribution in [0.25, 0.3) is 16.6 Å². The molecule has 1 amide bonds. The number of amides is 1. The Morgan fingerprint density at radius 1 is 1.12 bits per heavy atom. The van der Waals surface area contributed by atoms with Crippen LogP contribution in [0.15, 0.2) is 70.1 Å². The molecular weight excluding hydrogens is 418 g/mol. The molecule has 6 heteroatoms. The van der Waals surface area contributed by atoms with Crippen LogP contribution in [-0.4, -0.2) is 27.8 Å². The zero-order chi connectivity index (χ0) is 22.3. The fraction of sp³-hybridized carbons (Fsp3) is 0.346. The molecular formula is C26H29N3O2S. The number of allylic oxidation sites excluding steroid dienone is 1. The first-order valence-electron chi connectivity index (χ1n) is 11.3. The number of nitrogens with one attached hydrogen (secondary N) is 1. The SMILES string of the molecule is CCc1ccc(-n2c(SCC(=O)NCCC3=CCCCC3)nc3ccccc3c2=O)cc1. The highest BCUT2D eigenvalue weighted by atomic mass is 32.2. The molecule has 0 atom stereocenters. The fourth-order valence-electron chi connectivity index (χ4n) is 3.99. The minimum Gasteiger partial charge on any atom is -0.355 e. The zero-order valence-electron chi connectivity index (χ0n) is 18.5. The smallest absolute Gasteiger partial charge is 0.266 e. The van der Waals surface area contributed by atoms with E-state index in [0.717, 1.165) is 31.4 Å². The summed E-state index contributed by atoms with van der Waals surface area (Å²) in [6.45, 7) is 2.76. The Balaban J connectivity index is 1.52. The molecule has 0 bridgehead atoms. The van der Waals surface area contributed by atoms with E-state index in [1.165, 1.54) is 35.7 Å². The monoisotopic (exact) mass is 447 g/mol. The summed E-state index contributed by atoms with van der Waals surface area (Å²) in [5, 5.41) is 4.11. The lowest BCUT2D eigenvalue weighted by Crippen LogP contribution is -2.27. The second-order valence-electron chi connectivity index (χ2n) is 8.07. The van der Waals surface area contributed by atoms with Crippen LogP contribution in [0.3, 0.4) is 0 Å². The molecule has 4 rings (SSSR count). The molecule has 32 heavy (non-hydrogen) atoms. The van der Waals surface area contributed by atoms with E-state index < -0.39 is 0 Å². The third-order valence-electron chi connectivity index (χ3n) is 5.83. The van der Waals surface area contributed by atoms with Gasteiger partial charge in [-0.2, -0.15) is 0 Å². The number of carbonyl (C=O) groups excluding carboxylic acids is 1. The van der Waals surface area contributed by atoms with Crippen LogP contribution >= 0.6 is 11.8 Å². The van der Waals surface area contributed by atoms with Crippen LogP contribution < -0.4 is 10.9 Å². The van der Waals surface area contributed by atoms with Crippen molar-refractivity contribution < 1.29 is 4.79 Å². The van der Waals surface area contributed by atoms with Crippen LogP contribution in [0, 0.1) is 0 Å². The number of nitrogens with zero attached hydrogens (tertiary/aromatic N) is 2. The molecule has 1 N–H and O–H groups in total.